The molecule has 3 aromatic heterocycles. The Labute approximate surface area is 172 Å². The van der Waals surface area contributed by atoms with Crippen LogP contribution in [0.3, 0.4) is 0 Å². The van der Waals surface area contributed by atoms with Crippen LogP contribution in [0.15, 0.2) is 16.7 Å². The molecule has 0 spiro atoms. The van der Waals surface area contributed by atoms with Gasteiger partial charge in [0.2, 0.25) is 5.91 Å². The number of aromatic nitrogens is 3. The Kier molecular flexibility index (Phi) is 4.99. The molecule has 8 nitrogen and oxygen atoms in total. The third kappa shape index (κ3) is 3.46. The monoisotopic (exact) mass is 413 g/mol. The van der Waals surface area contributed by atoms with E-state index >= 15 is 0 Å². The number of fused-ring (bicyclic) bond motifs is 3. The van der Waals surface area contributed by atoms with Gasteiger partial charge in [0, 0.05) is 29.7 Å². The van der Waals surface area contributed by atoms with Crippen molar-refractivity contribution in [1.29, 1.82) is 0 Å². The van der Waals surface area contributed by atoms with Gasteiger partial charge in [0.25, 0.3) is 5.91 Å². The zero-order valence-corrected chi connectivity index (χ0v) is 17.7. The van der Waals surface area contributed by atoms with E-state index in [1.54, 1.807) is 24.8 Å². The number of anilines is 1. The van der Waals surface area contributed by atoms with E-state index in [1.807, 2.05) is 24.9 Å². The number of rotatable bonds is 5. The topological polar surface area (TPSA) is 93.3 Å². The summed E-state index contributed by atoms with van der Waals surface area (Å²) in [5.74, 6) is 0.690. The molecule has 152 valence electrons. The molecular weight excluding hydrogens is 390 g/mol. The van der Waals surface area contributed by atoms with Crippen LogP contribution in [-0.2, 0) is 24.7 Å². The Morgan fingerprint density at radius 3 is 2.83 bits per heavy atom. The second kappa shape index (κ2) is 7.47. The van der Waals surface area contributed by atoms with Crippen LogP contribution < -0.4 is 10.2 Å². The SMILES string of the molecule is CCN(C(=O)CNC(=O)c1cc(C)oc1C)c1nc2c(s1)CCc1c-2cnn1C. The summed E-state index contributed by atoms with van der Waals surface area (Å²) >= 11 is 1.53. The highest BCUT2D eigenvalue weighted by molar-refractivity contribution is 7.16. The van der Waals surface area contributed by atoms with Gasteiger partial charge in [-0.3, -0.25) is 19.2 Å². The lowest BCUT2D eigenvalue weighted by Crippen LogP contribution is -2.40. The summed E-state index contributed by atoms with van der Waals surface area (Å²) in [5, 5.41) is 7.69. The van der Waals surface area contributed by atoms with Crippen molar-refractivity contribution in [2.75, 3.05) is 18.0 Å². The average Bonchev–Trinajstić information content (AvgIpc) is 3.37. The highest BCUT2D eigenvalue weighted by Crippen LogP contribution is 2.39. The molecule has 3 heterocycles. The number of thiazole rings is 1. The first-order valence-corrected chi connectivity index (χ1v) is 10.4. The van der Waals surface area contributed by atoms with E-state index < -0.39 is 0 Å². The zero-order chi connectivity index (χ0) is 20.7. The second-order valence-electron chi connectivity index (χ2n) is 7.04. The van der Waals surface area contributed by atoms with Crippen LogP contribution in [0.5, 0.6) is 0 Å². The molecule has 1 N–H and O–H groups in total. The predicted molar refractivity (Wildman–Crippen MR) is 110 cm³/mol. The fourth-order valence-corrected chi connectivity index (χ4v) is 4.80. The highest BCUT2D eigenvalue weighted by Gasteiger charge is 2.27. The van der Waals surface area contributed by atoms with Crippen LogP contribution in [-0.4, -0.2) is 39.7 Å². The second-order valence-corrected chi connectivity index (χ2v) is 8.11. The van der Waals surface area contributed by atoms with E-state index in [9.17, 15) is 9.59 Å². The maximum atomic E-state index is 12.8. The third-order valence-electron chi connectivity index (χ3n) is 5.13. The molecule has 1 aliphatic rings. The molecule has 0 aliphatic heterocycles. The first-order valence-electron chi connectivity index (χ1n) is 9.55. The summed E-state index contributed by atoms with van der Waals surface area (Å²) in [7, 11) is 1.94. The fraction of sp³-hybridized carbons (Fsp3) is 0.400. The first kappa shape index (κ1) is 19.4. The Hall–Kier alpha value is -2.94. The van der Waals surface area contributed by atoms with Crippen LogP contribution in [0.25, 0.3) is 11.3 Å². The summed E-state index contributed by atoms with van der Waals surface area (Å²) in [4.78, 5) is 32.7. The summed E-state index contributed by atoms with van der Waals surface area (Å²) in [6.07, 6.45) is 3.64. The number of nitrogens with one attached hydrogen (secondary N) is 1. The van der Waals surface area contributed by atoms with Gasteiger partial charge in [0.1, 0.15) is 11.5 Å². The van der Waals surface area contributed by atoms with Gasteiger partial charge in [0.15, 0.2) is 5.13 Å². The predicted octanol–water partition coefficient (Wildman–Crippen LogP) is 2.63. The summed E-state index contributed by atoms with van der Waals surface area (Å²) in [6.45, 7) is 5.79. The molecule has 0 saturated carbocycles. The molecule has 0 saturated heterocycles. The van der Waals surface area contributed by atoms with Crippen molar-refractivity contribution in [3.8, 4) is 11.3 Å². The summed E-state index contributed by atoms with van der Waals surface area (Å²) in [5.41, 5.74) is 3.58. The fourth-order valence-electron chi connectivity index (χ4n) is 3.64. The first-order chi connectivity index (χ1) is 13.9. The standard InChI is InChI=1S/C20H23N5O3S/c1-5-25(17(26)10-21-19(27)13-8-11(2)28-12(13)3)20-23-18-14-9-22-24(4)15(14)6-7-16(18)29-20/h8-9H,5-7,10H2,1-4H3,(H,21,27). The molecule has 0 fully saturated rings. The smallest absolute Gasteiger partial charge is 0.255 e. The lowest BCUT2D eigenvalue weighted by Gasteiger charge is -2.17. The molecule has 0 unspecified atom stereocenters. The van der Waals surface area contributed by atoms with Gasteiger partial charge in [-0.1, -0.05) is 0 Å². The number of furan rings is 1. The summed E-state index contributed by atoms with van der Waals surface area (Å²) in [6, 6.07) is 1.67. The maximum absolute atomic E-state index is 12.8. The van der Waals surface area contributed by atoms with Gasteiger partial charge >= 0.3 is 0 Å². The quantitative estimate of drug-likeness (QED) is 0.694. The van der Waals surface area contributed by atoms with Gasteiger partial charge in [-0.15, -0.1) is 11.3 Å². The van der Waals surface area contributed by atoms with Crippen molar-refractivity contribution < 1.29 is 14.0 Å². The van der Waals surface area contributed by atoms with Crippen molar-refractivity contribution in [1.82, 2.24) is 20.1 Å². The van der Waals surface area contributed by atoms with Gasteiger partial charge in [-0.05, 0) is 39.7 Å². The summed E-state index contributed by atoms with van der Waals surface area (Å²) < 4.78 is 7.27. The minimum absolute atomic E-state index is 0.0985. The van der Waals surface area contributed by atoms with Gasteiger partial charge in [-0.25, -0.2) is 4.98 Å². The van der Waals surface area contributed by atoms with Gasteiger partial charge in [0.05, 0.1) is 24.0 Å². The van der Waals surface area contributed by atoms with Crippen molar-refractivity contribution in [3.63, 3.8) is 0 Å². The number of hydrogen-bond acceptors (Lipinski definition) is 6. The Balaban J connectivity index is 1.49. The Morgan fingerprint density at radius 1 is 1.34 bits per heavy atom. The van der Waals surface area contributed by atoms with Crippen molar-refractivity contribution in [3.05, 3.63) is 39.9 Å². The molecule has 29 heavy (non-hydrogen) atoms. The number of aryl methyl sites for hydroxylation is 4. The van der Waals surface area contributed by atoms with Crippen LogP contribution in [0.2, 0.25) is 0 Å². The molecule has 4 rings (SSSR count). The van der Waals surface area contributed by atoms with E-state index in [1.165, 1.54) is 21.9 Å². The lowest BCUT2D eigenvalue weighted by atomic mass is 10.0. The number of amides is 2. The molecule has 1 aliphatic carbocycles. The Morgan fingerprint density at radius 2 is 2.14 bits per heavy atom. The van der Waals surface area contributed by atoms with E-state index in [0.29, 0.717) is 28.8 Å². The molecule has 0 aromatic carbocycles. The van der Waals surface area contributed by atoms with Crippen molar-refractivity contribution in [2.45, 2.75) is 33.6 Å². The van der Waals surface area contributed by atoms with Crippen LogP contribution in [0.4, 0.5) is 5.13 Å². The minimum atomic E-state index is -0.317. The van der Waals surface area contributed by atoms with Crippen molar-refractivity contribution >= 4 is 28.3 Å². The van der Waals surface area contributed by atoms with Crippen molar-refractivity contribution in [2.24, 2.45) is 7.05 Å². The number of nitrogens with zero attached hydrogens (tertiary/aromatic N) is 4. The average molecular weight is 414 g/mol. The number of carbonyl (C=O) groups is 2. The minimum Gasteiger partial charge on any atom is -0.466 e. The number of hydrogen-bond donors (Lipinski definition) is 1. The molecule has 0 bridgehead atoms. The largest absolute Gasteiger partial charge is 0.466 e. The molecule has 2 amide bonds. The van der Waals surface area contributed by atoms with E-state index in [4.69, 9.17) is 9.40 Å². The third-order valence-corrected chi connectivity index (χ3v) is 6.26. The van der Waals surface area contributed by atoms with Crippen LogP contribution in [0.1, 0.15) is 39.4 Å². The number of likely N-dealkylation sites (N-methyl/N-ethyl adjacent to an activating group) is 1. The van der Waals surface area contributed by atoms with Gasteiger partial charge in [-0.2, -0.15) is 5.10 Å². The number of carbonyl (C=O) groups excluding carboxylic acids is 2. The van der Waals surface area contributed by atoms with Gasteiger partial charge < -0.3 is 9.73 Å². The molecule has 0 atom stereocenters. The molecule has 9 heteroatoms. The molecule has 0 radical (unpaired) electrons. The lowest BCUT2D eigenvalue weighted by molar-refractivity contribution is -0.117. The highest BCUT2D eigenvalue weighted by atomic mass is 32.1. The normalized spacial score (nSPS) is 12.4. The molecule has 3 aromatic rings. The Bertz CT molecular complexity index is 1090. The maximum Gasteiger partial charge on any atom is 0.255 e. The zero-order valence-electron chi connectivity index (χ0n) is 16.9. The molecular formula is C20H23N5O3S. The van der Waals surface area contributed by atoms with Crippen LogP contribution >= 0.6 is 11.3 Å². The van der Waals surface area contributed by atoms with Crippen LogP contribution in [0, 0.1) is 13.8 Å². The van der Waals surface area contributed by atoms with E-state index in [2.05, 4.69) is 10.4 Å². The van der Waals surface area contributed by atoms with E-state index in [-0.39, 0.29) is 18.4 Å². The van der Waals surface area contributed by atoms with E-state index in [0.717, 1.165) is 24.1 Å².